The molecule has 40 heavy (non-hydrogen) atoms. The fourth-order valence-corrected chi connectivity index (χ4v) is 5.38. The van der Waals surface area contributed by atoms with Crippen molar-refractivity contribution in [1.29, 1.82) is 0 Å². The monoisotopic (exact) mass is 562 g/mol. The van der Waals surface area contributed by atoms with Crippen molar-refractivity contribution in [2.45, 2.75) is 38.7 Å². The number of carbonyl (C=O) groups excluding carboxylic acids is 1. The second-order valence-corrected chi connectivity index (χ2v) is 10.8. The molecule has 0 bridgehead atoms. The number of alkyl halides is 6. The quantitative estimate of drug-likeness (QED) is 0.262. The molecule has 3 aromatic carbocycles. The van der Waals surface area contributed by atoms with Crippen molar-refractivity contribution >= 4 is 5.91 Å². The van der Waals surface area contributed by atoms with Crippen LogP contribution in [0.25, 0.3) is 0 Å². The van der Waals surface area contributed by atoms with Gasteiger partial charge in [-0.25, -0.2) is 0 Å². The van der Waals surface area contributed by atoms with Crippen LogP contribution < -0.4 is 0 Å². The van der Waals surface area contributed by atoms with E-state index in [-0.39, 0.29) is 23.7 Å². The van der Waals surface area contributed by atoms with Gasteiger partial charge in [-0.15, -0.1) is 0 Å². The Morgan fingerprint density at radius 1 is 0.850 bits per heavy atom. The van der Waals surface area contributed by atoms with Crippen LogP contribution in [0.2, 0.25) is 0 Å². The lowest BCUT2D eigenvalue weighted by Crippen LogP contribution is -2.39. The van der Waals surface area contributed by atoms with E-state index in [2.05, 4.69) is 0 Å². The first-order valence-corrected chi connectivity index (χ1v) is 13.2. The summed E-state index contributed by atoms with van der Waals surface area (Å²) in [5.41, 5.74) is 0.283. The Morgan fingerprint density at radius 3 is 2.10 bits per heavy atom. The summed E-state index contributed by atoms with van der Waals surface area (Å²) < 4.78 is 79.6. The first-order chi connectivity index (χ1) is 18.8. The average molecular weight is 563 g/mol. The number of rotatable bonds is 8. The highest BCUT2D eigenvalue weighted by atomic mass is 19.4. The molecule has 1 saturated heterocycles. The maximum atomic E-state index is 13.5. The number of halogens is 6. The molecule has 4 rings (SSSR count). The normalized spacial score (nSPS) is 18.3. The average Bonchev–Trinajstić information content (AvgIpc) is 3.29. The predicted molar refractivity (Wildman–Crippen MR) is 142 cm³/mol. The summed E-state index contributed by atoms with van der Waals surface area (Å²) in [6.45, 7) is 6.08. The zero-order valence-corrected chi connectivity index (χ0v) is 22.3. The Kier molecular flexibility index (Phi) is 8.93. The minimum atomic E-state index is -4.49. The van der Waals surface area contributed by atoms with Gasteiger partial charge in [-0.2, -0.15) is 26.3 Å². The molecule has 3 aromatic rings. The van der Waals surface area contributed by atoms with Crippen LogP contribution in [-0.2, 0) is 18.9 Å². The minimum absolute atomic E-state index is 0.140. The fourth-order valence-electron chi connectivity index (χ4n) is 5.38. The number of nitrogens with zero attached hydrogens (tertiary/aromatic N) is 2. The topological polar surface area (TPSA) is 23.6 Å². The minimum Gasteiger partial charge on any atom is -0.338 e. The van der Waals surface area contributed by atoms with Crippen LogP contribution in [0, 0.1) is 11.8 Å². The number of likely N-dealkylation sites (tertiary alicyclic amines) is 1. The van der Waals surface area contributed by atoms with Gasteiger partial charge >= 0.3 is 12.4 Å². The van der Waals surface area contributed by atoms with Crippen LogP contribution in [0.3, 0.4) is 0 Å². The van der Waals surface area contributed by atoms with E-state index in [4.69, 9.17) is 0 Å². The third kappa shape index (κ3) is 7.44. The van der Waals surface area contributed by atoms with Crippen LogP contribution >= 0.6 is 0 Å². The highest BCUT2D eigenvalue weighted by Crippen LogP contribution is 2.38. The second kappa shape index (κ2) is 12.0. The zero-order valence-electron chi connectivity index (χ0n) is 22.3. The van der Waals surface area contributed by atoms with Crippen LogP contribution in [0.1, 0.15) is 52.4 Å². The van der Waals surface area contributed by atoms with E-state index < -0.39 is 23.5 Å². The molecule has 0 N–H and O–H groups in total. The summed E-state index contributed by atoms with van der Waals surface area (Å²) in [6.07, 6.45) is -8.92. The van der Waals surface area contributed by atoms with Gasteiger partial charge < -0.3 is 4.90 Å². The third-order valence-electron chi connectivity index (χ3n) is 7.19. The largest absolute Gasteiger partial charge is 0.416 e. The summed E-state index contributed by atoms with van der Waals surface area (Å²) in [4.78, 5) is 17.3. The van der Waals surface area contributed by atoms with Crippen LogP contribution in [0.15, 0.2) is 78.9 Å². The molecule has 0 aromatic heterocycles. The maximum absolute atomic E-state index is 13.5. The molecule has 0 aliphatic carbocycles. The number of benzene rings is 3. The Hall–Kier alpha value is -3.33. The molecule has 2 atom stereocenters. The Balaban J connectivity index is 1.62. The summed E-state index contributed by atoms with van der Waals surface area (Å²) in [7, 11) is 0. The molecular formula is C31H32F6N2O. The van der Waals surface area contributed by atoms with Gasteiger partial charge in [0.15, 0.2) is 0 Å². The van der Waals surface area contributed by atoms with Gasteiger partial charge in [-0.1, -0.05) is 62.4 Å². The first kappa shape index (κ1) is 29.6. The lowest BCUT2D eigenvalue weighted by atomic mass is 9.87. The van der Waals surface area contributed by atoms with Crippen molar-refractivity contribution in [1.82, 2.24) is 9.80 Å². The second-order valence-electron chi connectivity index (χ2n) is 10.8. The molecule has 9 heteroatoms. The van der Waals surface area contributed by atoms with Gasteiger partial charge in [0, 0.05) is 44.2 Å². The number of carbonyl (C=O) groups is 1. The number of hydrogen-bond acceptors (Lipinski definition) is 2. The van der Waals surface area contributed by atoms with E-state index in [1.807, 2.05) is 24.8 Å². The van der Waals surface area contributed by atoms with Gasteiger partial charge in [0.1, 0.15) is 0 Å². The lowest BCUT2D eigenvalue weighted by molar-refractivity contribution is -0.138. The molecule has 1 aliphatic rings. The lowest BCUT2D eigenvalue weighted by Gasteiger charge is -2.30. The summed E-state index contributed by atoms with van der Waals surface area (Å²) in [5, 5.41) is 0. The highest BCUT2D eigenvalue weighted by molar-refractivity contribution is 5.94. The zero-order chi connectivity index (χ0) is 29.1. The van der Waals surface area contributed by atoms with Crippen LogP contribution in [-0.4, -0.2) is 41.9 Å². The molecule has 0 saturated carbocycles. The molecule has 0 radical (unpaired) electrons. The van der Waals surface area contributed by atoms with Gasteiger partial charge in [0.2, 0.25) is 0 Å². The molecule has 1 aliphatic heterocycles. The predicted octanol–water partition coefficient (Wildman–Crippen LogP) is 7.74. The molecule has 1 amide bonds. The Bertz CT molecular complexity index is 1270. The van der Waals surface area contributed by atoms with E-state index in [1.165, 1.54) is 24.3 Å². The van der Waals surface area contributed by atoms with Crippen molar-refractivity contribution in [3.63, 3.8) is 0 Å². The Morgan fingerprint density at radius 2 is 1.50 bits per heavy atom. The van der Waals surface area contributed by atoms with E-state index in [0.717, 1.165) is 18.2 Å². The van der Waals surface area contributed by atoms with E-state index in [0.29, 0.717) is 49.4 Å². The van der Waals surface area contributed by atoms with Crippen molar-refractivity contribution in [3.05, 3.63) is 107 Å². The molecule has 1 fully saturated rings. The molecule has 1 heterocycles. The number of hydrogen-bond donors (Lipinski definition) is 0. The van der Waals surface area contributed by atoms with Gasteiger partial charge in [-0.05, 0) is 53.3 Å². The maximum Gasteiger partial charge on any atom is 0.416 e. The highest BCUT2D eigenvalue weighted by Gasteiger charge is 2.38. The SMILES string of the molecule is CC(C)CN(C[C@@H]1CN(Cc2ccc(C(F)(F)F)cc2)C[C@H]1c1cccc(C(F)(F)F)c1)C(=O)c1ccccc1. The van der Waals surface area contributed by atoms with Gasteiger partial charge in [0.25, 0.3) is 5.91 Å². The van der Waals surface area contributed by atoms with E-state index in [9.17, 15) is 31.1 Å². The molecule has 3 nitrogen and oxygen atoms in total. The van der Waals surface area contributed by atoms with Crippen molar-refractivity contribution in [3.8, 4) is 0 Å². The van der Waals surface area contributed by atoms with E-state index >= 15 is 0 Å². The molecule has 0 spiro atoms. The van der Waals surface area contributed by atoms with E-state index in [1.54, 1.807) is 35.2 Å². The van der Waals surface area contributed by atoms with Gasteiger partial charge in [0.05, 0.1) is 11.1 Å². The van der Waals surface area contributed by atoms with Crippen LogP contribution in [0.5, 0.6) is 0 Å². The fraction of sp³-hybridized carbons (Fsp3) is 0.387. The van der Waals surface area contributed by atoms with Crippen molar-refractivity contribution in [2.75, 3.05) is 26.2 Å². The standard InChI is InChI=1S/C31H32F6N2O/c1-21(2)16-39(29(40)23-7-4-3-5-8-23)19-25-18-38(17-22-11-13-26(14-12-22)30(32,33)34)20-28(25)24-9-6-10-27(15-24)31(35,36)37/h3-15,21,25,28H,16-20H2,1-2H3/t25-,28-/m0/s1. The molecule has 0 unspecified atom stereocenters. The molecular weight excluding hydrogens is 530 g/mol. The van der Waals surface area contributed by atoms with Crippen molar-refractivity contribution < 1.29 is 31.1 Å². The summed E-state index contributed by atoms with van der Waals surface area (Å²) in [5.74, 6) is -0.443. The smallest absolute Gasteiger partial charge is 0.338 e. The third-order valence-corrected chi connectivity index (χ3v) is 7.19. The summed E-state index contributed by atoms with van der Waals surface area (Å²) >= 11 is 0. The number of amides is 1. The first-order valence-electron chi connectivity index (χ1n) is 13.2. The van der Waals surface area contributed by atoms with Gasteiger partial charge in [-0.3, -0.25) is 9.69 Å². The molecule has 214 valence electrons. The van der Waals surface area contributed by atoms with Crippen LogP contribution in [0.4, 0.5) is 26.3 Å². The summed E-state index contributed by atoms with van der Waals surface area (Å²) in [6, 6.07) is 19.1. The Labute approximate surface area is 230 Å². The van der Waals surface area contributed by atoms with Crippen molar-refractivity contribution in [2.24, 2.45) is 11.8 Å².